The second-order valence-electron chi connectivity index (χ2n) is 8.33. The van der Waals surface area contributed by atoms with Crippen LogP contribution < -0.4 is 0 Å². The number of carbonyl (C=O) groups is 1. The Morgan fingerprint density at radius 2 is 2.07 bits per heavy atom. The van der Waals surface area contributed by atoms with Crippen molar-refractivity contribution in [2.24, 2.45) is 17.8 Å². The van der Waals surface area contributed by atoms with Crippen LogP contribution in [0, 0.1) is 29.6 Å². The van der Waals surface area contributed by atoms with Gasteiger partial charge in [0.1, 0.15) is 6.10 Å². The summed E-state index contributed by atoms with van der Waals surface area (Å²) in [4.78, 5) is 10.8. The first-order valence-corrected chi connectivity index (χ1v) is 10.3. The maximum Gasteiger partial charge on any atom is 0.303 e. The third-order valence-corrected chi connectivity index (χ3v) is 6.85. The molecule has 0 saturated heterocycles. The standard InChI is InChI=1S/C22H32O5/c1-27-22-13-12-20(24)17(10-11-19(23)15-6-3-2-4-7-15)18(22)14-16(22)8-5-9-21(25)26/h8,15,17-20,23-24H,2-7,9,12-14H2,1H3,(H,25,26)/b16-8+/t17-,18-,19?,20-,22?/m0/s1. The number of ether oxygens (including phenoxy) is 1. The highest BCUT2D eigenvalue weighted by molar-refractivity contribution is 5.66. The van der Waals surface area contributed by atoms with E-state index in [0.29, 0.717) is 12.8 Å². The second kappa shape index (κ2) is 8.77. The van der Waals surface area contributed by atoms with Crippen LogP contribution in [0.4, 0.5) is 0 Å². The normalized spacial score (nSPS) is 36.3. The van der Waals surface area contributed by atoms with Gasteiger partial charge in [0.15, 0.2) is 0 Å². The van der Waals surface area contributed by atoms with Crippen LogP contribution in [0.1, 0.15) is 64.2 Å². The fraction of sp³-hybridized carbons (Fsp3) is 0.773. The molecule has 0 heterocycles. The number of carboxylic acids is 1. The monoisotopic (exact) mass is 376 g/mol. The van der Waals surface area contributed by atoms with E-state index in [9.17, 15) is 15.0 Å². The number of hydrogen-bond donors (Lipinski definition) is 3. The van der Waals surface area contributed by atoms with Gasteiger partial charge < -0.3 is 20.1 Å². The quantitative estimate of drug-likeness (QED) is 0.507. The molecule has 0 aromatic heterocycles. The highest BCUT2D eigenvalue weighted by Crippen LogP contribution is 2.56. The molecule has 3 aliphatic rings. The lowest BCUT2D eigenvalue weighted by Crippen LogP contribution is -2.59. The summed E-state index contributed by atoms with van der Waals surface area (Å²) in [5.41, 5.74) is 0.718. The van der Waals surface area contributed by atoms with Crippen LogP contribution in [0.5, 0.6) is 0 Å². The molecule has 3 rings (SSSR count). The molecule has 0 bridgehead atoms. The van der Waals surface area contributed by atoms with Crippen LogP contribution in [-0.4, -0.2) is 46.2 Å². The molecule has 3 fully saturated rings. The average molecular weight is 376 g/mol. The molecular formula is C22H32O5. The Morgan fingerprint density at radius 3 is 2.74 bits per heavy atom. The van der Waals surface area contributed by atoms with E-state index >= 15 is 0 Å². The minimum Gasteiger partial charge on any atom is -0.481 e. The summed E-state index contributed by atoms with van der Waals surface area (Å²) in [5, 5.41) is 29.8. The van der Waals surface area contributed by atoms with E-state index < -0.39 is 23.8 Å². The number of allylic oxidation sites excluding steroid dienone is 1. The van der Waals surface area contributed by atoms with Gasteiger partial charge in [-0.3, -0.25) is 4.79 Å². The molecule has 5 atom stereocenters. The number of aliphatic hydroxyl groups excluding tert-OH is 2. The molecule has 0 aromatic carbocycles. The van der Waals surface area contributed by atoms with Crippen molar-refractivity contribution in [3.63, 3.8) is 0 Å². The SMILES string of the molecule is COC12CC[C@H](O)[C@@H](C#CC(O)C3CCCCC3)[C@@H]1C/C2=C\CCC(=O)O. The van der Waals surface area contributed by atoms with E-state index in [-0.39, 0.29) is 24.2 Å². The van der Waals surface area contributed by atoms with E-state index in [1.807, 2.05) is 6.08 Å². The van der Waals surface area contributed by atoms with Gasteiger partial charge >= 0.3 is 5.97 Å². The molecule has 3 aliphatic carbocycles. The predicted molar refractivity (Wildman–Crippen MR) is 102 cm³/mol. The third kappa shape index (κ3) is 4.23. The average Bonchev–Trinajstić information content (AvgIpc) is 2.66. The first kappa shape index (κ1) is 20.4. The molecule has 150 valence electrons. The zero-order chi connectivity index (χ0) is 19.4. The summed E-state index contributed by atoms with van der Waals surface area (Å²) >= 11 is 0. The van der Waals surface area contributed by atoms with Crippen molar-refractivity contribution in [3.8, 4) is 11.8 Å². The number of aliphatic hydroxyl groups is 2. The van der Waals surface area contributed by atoms with Gasteiger partial charge in [-0.15, -0.1) is 0 Å². The smallest absolute Gasteiger partial charge is 0.303 e. The molecule has 27 heavy (non-hydrogen) atoms. The van der Waals surface area contributed by atoms with Gasteiger partial charge in [-0.1, -0.05) is 37.2 Å². The summed E-state index contributed by atoms with van der Waals surface area (Å²) in [5.74, 6) is 5.61. The summed E-state index contributed by atoms with van der Waals surface area (Å²) in [6.07, 6.45) is 9.27. The van der Waals surface area contributed by atoms with Crippen LogP contribution >= 0.6 is 0 Å². The van der Waals surface area contributed by atoms with Crippen LogP contribution in [0.3, 0.4) is 0 Å². The lowest BCUT2D eigenvalue weighted by Gasteiger charge is -2.57. The Bertz CT molecular complexity index is 624. The first-order chi connectivity index (χ1) is 13.0. The number of rotatable bonds is 5. The summed E-state index contributed by atoms with van der Waals surface area (Å²) in [6, 6.07) is 0. The molecule has 2 unspecified atom stereocenters. The zero-order valence-corrected chi connectivity index (χ0v) is 16.2. The Labute approximate surface area is 161 Å². The predicted octanol–water partition coefficient (Wildman–Crippen LogP) is 2.90. The van der Waals surface area contributed by atoms with Crippen LogP contribution in [0.2, 0.25) is 0 Å². The highest BCUT2D eigenvalue weighted by atomic mass is 16.5. The van der Waals surface area contributed by atoms with Gasteiger partial charge in [0.25, 0.3) is 0 Å². The lowest BCUT2D eigenvalue weighted by molar-refractivity contribution is -0.139. The second-order valence-corrected chi connectivity index (χ2v) is 8.33. The third-order valence-electron chi connectivity index (χ3n) is 6.85. The fourth-order valence-electron chi connectivity index (χ4n) is 5.21. The van der Waals surface area contributed by atoms with E-state index in [0.717, 1.165) is 44.1 Å². The minimum atomic E-state index is -0.797. The molecule has 3 saturated carbocycles. The van der Waals surface area contributed by atoms with E-state index in [2.05, 4.69) is 11.8 Å². The topological polar surface area (TPSA) is 87.0 Å². The largest absolute Gasteiger partial charge is 0.481 e. The van der Waals surface area contributed by atoms with E-state index in [1.165, 1.54) is 6.42 Å². The molecule has 5 nitrogen and oxygen atoms in total. The Morgan fingerprint density at radius 1 is 1.33 bits per heavy atom. The number of aliphatic carboxylic acids is 1. The van der Waals surface area contributed by atoms with Crippen LogP contribution in [-0.2, 0) is 9.53 Å². The van der Waals surface area contributed by atoms with Crippen molar-refractivity contribution < 1.29 is 24.9 Å². The molecule has 0 aliphatic heterocycles. The van der Waals surface area contributed by atoms with E-state index in [1.54, 1.807) is 7.11 Å². The van der Waals surface area contributed by atoms with Crippen LogP contribution in [0.15, 0.2) is 11.6 Å². The number of carboxylic acid groups (broad SMARTS) is 1. The number of methoxy groups -OCH3 is 1. The van der Waals surface area contributed by atoms with Gasteiger partial charge in [0, 0.05) is 19.4 Å². The fourth-order valence-corrected chi connectivity index (χ4v) is 5.21. The molecule has 0 spiro atoms. The van der Waals surface area contributed by atoms with Gasteiger partial charge in [0.2, 0.25) is 0 Å². The van der Waals surface area contributed by atoms with Crippen molar-refractivity contribution in [1.82, 2.24) is 0 Å². The van der Waals surface area contributed by atoms with Crippen molar-refractivity contribution in [2.45, 2.75) is 82.0 Å². The molecular weight excluding hydrogens is 344 g/mol. The van der Waals surface area contributed by atoms with Crippen LogP contribution in [0.25, 0.3) is 0 Å². The molecule has 0 aromatic rings. The van der Waals surface area contributed by atoms with Crippen molar-refractivity contribution in [2.75, 3.05) is 7.11 Å². The summed E-state index contributed by atoms with van der Waals surface area (Å²) in [6.45, 7) is 0. The van der Waals surface area contributed by atoms with Gasteiger partial charge in [-0.2, -0.15) is 0 Å². The van der Waals surface area contributed by atoms with Crippen molar-refractivity contribution in [1.29, 1.82) is 0 Å². The lowest BCUT2D eigenvalue weighted by atomic mass is 9.53. The minimum absolute atomic E-state index is 0.105. The summed E-state index contributed by atoms with van der Waals surface area (Å²) < 4.78 is 5.89. The molecule has 0 amide bonds. The number of hydrogen-bond acceptors (Lipinski definition) is 4. The molecule has 5 heteroatoms. The molecule has 0 radical (unpaired) electrons. The van der Waals surface area contributed by atoms with Crippen molar-refractivity contribution in [3.05, 3.63) is 11.6 Å². The van der Waals surface area contributed by atoms with Gasteiger partial charge in [0.05, 0.1) is 17.6 Å². The Hall–Kier alpha value is -1.35. The Balaban J connectivity index is 1.70. The molecule has 3 N–H and O–H groups in total. The Kier molecular flexibility index (Phi) is 6.62. The maximum atomic E-state index is 10.8. The van der Waals surface area contributed by atoms with Gasteiger partial charge in [-0.05, 0) is 50.0 Å². The summed E-state index contributed by atoms with van der Waals surface area (Å²) in [7, 11) is 1.69. The number of fused-ring (bicyclic) bond motifs is 1. The van der Waals surface area contributed by atoms with E-state index in [4.69, 9.17) is 9.84 Å². The first-order valence-electron chi connectivity index (χ1n) is 10.3. The maximum absolute atomic E-state index is 10.8. The zero-order valence-electron chi connectivity index (χ0n) is 16.2. The highest BCUT2D eigenvalue weighted by Gasteiger charge is 2.58. The van der Waals surface area contributed by atoms with Crippen molar-refractivity contribution >= 4 is 5.97 Å². The van der Waals surface area contributed by atoms with Gasteiger partial charge in [-0.25, -0.2) is 0 Å².